The first-order valence-electron chi connectivity index (χ1n) is 5.47. The van der Waals surface area contributed by atoms with Gasteiger partial charge in [0.05, 0.1) is 11.8 Å². The van der Waals surface area contributed by atoms with Crippen LogP contribution in [0.25, 0.3) is 0 Å². The van der Waals surface area contributed by atoms with E-state index in [9.17, 15) is 13.2 Å². The van der Waals surface area contributed by atoms with Crippen LogP contribution in [-0.2, 0) is 10.0 Å². The van der Waals surface area contributed by atoms with Gasteiger partial charge in [-0.15, -0.1) is 0 Å². The molecule has 0 spiro atoms. The number of sulfonamides is 1. The SMILES string of the molecule is CS(=O)(=O)NCCCNC(=O)c1ccccc1N. The van der Waals surface area contributed by atoms with Crippen LogP contribution < -0.4 is 15.8 Å². The summed E-state index contributed by atoms with van der Waals surface area (Å²) in [4.78, 5) is 11.7. The Morgan fingerprint density at radius 1 is 1.28 bits per heavy atom. The minimum atomic E-state index is -3.17. The second-order valence-electron chi connectivity index (χ2n) is 3.86. The van der Waals surface area contributed by atoms with Crippen molar-refractivity contribution in [1.29, 1.82) is 0 Å². The maximum absolute atomic E-state index is 11.7. The minimum absolute atomic E-state index is 0.257. The number of nitrogen functional groups attached to an aromatic ring is 1. The average Bonchev–Trinajstić information content (AvgIpc) is 2.27. The van der Waals surface area contributed by atoms with Crippen molar-refractivity contribution in [3.8, 4) is 0 Å². The molecule has 0 heterocycles. The summed E-state index contributed by atoms with van der Waals surface area (Å²) in [6, 6.07) is 6.78. The van der Waals surface area contributed by atoms with Crippen molar-refractivity contribution in [2.75, 3.05) is 25.1 Å². The molecule has 0 aliphatic carbocycles. The van der Waals surface area contributed by atoms with E-state index in [1.54, 1.807) is 24.3 Å². The van der Waals surface area contributed by atoms with Crippen molar-refractivity contribution in [2.24, 2.45) is 0 Å². The van der Waals surface area contributed by atoms with Crippen molar-refractivity contribution in [2.45, 2.75) is 6.42 Å². The molecule has 0 atom stereocenters. The van der Waals surface area contributed by atoms with Gasteiger partial charge in [0, 0.05) is 18.8 Å². The molecule has 0 saturated heterocycles. The molecule has 6 nitrogen and oxygen atoms in total. The zero-order chi connectivity index (χ0) is 13.6. The first-order valence-corrected chi connectivity index (χ1v) is 7.36. The molecule has 0 fully saturated rings. The lowest BCUT2D eigenvalue weighted by molar-refractivity contribution is 0.0954. The van der Waals surface area contributed by atoms with Gasteiger partial charge >= 0.3 is 0 Å². The van der Waals surface area contributed by atoms with E-state index in [-0.39, 0.29) is 5.91 Å². The molecule has 1 aromatic rings. The molecule has 0 radical (unpaired) electrons. The molecule has 100 valence electrons. The van der Waals surface area contributed by atoms with Crippen molar-refractivity contribution in [1.82, 2.24) is 10.0 Å². The molecule has 7 heteroatoms. The molecule has 4 N–H and O–H groups in total. The number of carbonyl (C=O) groups excluding carboxylic acids is 1. The van der Waals surface area contributed by atoms with E-state index in [0.29, 0.717) is 30.8 Å². The first-order chi connectivity index (χ1) is 8.40. The number of para-hydroxylation sites is 1. The predicted molar refractivity (Wildman–Crippen MR) is 70.7 cm³/mol. The van der Waals surface area contributed by atoms with Crippen molar-refractivity contribution >= 4 is 21.6 Å². The van der Waals surface area contributed by atoms with Crippen LogP contribution in [0.2, 0.25) is 0 Å². The Labute approximate surface area is 107 Å². The van der Waals surface area contributed by atoms with Gasteiger partial charge in [-0.1, -0.05) is 12.1 Å². The summed E-state index contributed by atoms with van der Waals surface area (Å²) in [5.41, 5.74) is 6.50. The summed E-state index contributed by atoms with van der Waals surface area (Å²) < 4.78 is 23.9. The Kier molecular flexibility index (Phi) is 5.11. The highest BCUT2D eigenvalue weighted by molar-refractivity contribution is 7.88. The summed E-state index contributed by atoms with van der Waals surface area (Å²) in [5.74, 6) is -0.257. The van der Waals surface area contributed by atoms with Gasteiger partial charge < -0.3 is 11.1 Å². The molecule has 0 aliphatic rings. The molecule has 1 amide bonds. The predicted octanol–water partition coefficient (Wildman–Crippen LogP) is -0.0621. The summed E-state index contributed by atoms with van der Waals surface area (Å²) in [5, 5.41) is 2.67. The van der Waals surface area contributed by atoms with Crippen molar-refractivity contribution < 1.29 is 13.2 Å². The van der Waals surface area contributed by atoms with Crippen LogP contribution in [0.5, 0.6) is 0 Å². The zero-order valence-electron chi connectivity index (χ0n) is 10.1. The molecule has 0 bridgehead atoms. The molecule has 18 heavy (non-hydrogen) atoms. The zero-order valence-corrected chi connectivity index (χ0v) is 11.0. The van der Waals surface area contributed by atoms with Crippen molar-refractivity contribution in [3.63, 3.8) is 0 Å². The van der Waals surface area contributed by atoms with Gasteiger partial charge in [-0.25, -0.2) is 13.1 Å². The summed E-state index contributed by atoms with van der Waals surface area (Å²) >= 11 is 0. The number of benzene rings is 1. The summed E-state index contributed by atoms with van der Waals surface area (Å²) in [7, 11) is -3.17. The lowest BCUT2D eigenvalue weighted by Gasteiger charge is -2.07. The van der Waals surface area contributed by atoms with Crippen LogP contribution in [0.1, 0.15) is 16.8 Å². The molecular weight excluding hydrogens is 254 g/mol. The standard InChI is InChI=1S/C11H17N3O3S/c1-18(16,17)14-8-4-7-13-11(15)9-5-2-3-6-10(9)12/h2-3,5-6,14H,4,7-8,12H2,1H3,(H,13,15). The quantitative estimate of drug-likeness (QED) is 0.498. The van der Waals surface area contributed by atoms with Crippen LogP contribution in [-0.4, -0.2) is 33.7 Å². The molecular formula is C11H17N3O3S. The lowest BCUT2D eigenvalue weighted by atomic mass is 10.1. The topological polar surface area (TPSA) is 101 Å². The van der Waals surface area contributed by atoms with E-state index in [1.165, 1.54) is 0 Å². The van der Waals surface area contributed by atoms with E-state index in [1.807, 2.05) is 0 Å². The third-order valence-corrected chi connectivity index (χ3v) is 2.94. The van der Waals surface area contributed by atoms with Crippen LogP contribution in [0.3, 0.4) is 0 Å². The second-order valence-corrected chi connectivity index (χ2v) is 5.70. The van der Waals surface area contributed by atoms with Crippen LogP contribution >= 0.6 is 0 Å². The smallest absolute Gasteiger partial charge is 0.253 e. The fourth-order valence-electron chi connectivity index (χ4n) is 1.35. The molecule has 1 rings (SSSR count). The average molecular weight is 271 g/mol. The summed E-state index contributed by atoms with van der Waals surface area (Å²) in [6.45, 7) is 0.680. The lowest BCUT2D eigenvalue weighted by Crippen LogP contribution is -2.29. The Morgan fingerprint density at radius 2 is 1.94 bits per heavy atom. The highest BCUT2D eigenvalue weighted by Gasteiger charge is 2.07. The van der Waals surface area contributed by atoms with E-state index in [2.05, 4.69) is 10.0 Å². The number of nitrogens with one attached hydrogen (secondary N) is 2. The van der Waals surface area contributed by atoms with Crippen LogP contribution in [0.4, 0.5) is 5.69 Å². The number of anilines is 1. The minimum Gasteiger partial charge on any atom is -0.398 e. The van der Waals surface area contributed by atoms with Crippen LogP contribution in [0.15, 0.2) is 24.3 Å². The van der Waals surface area contributed by atoms with E-state index in [4.69, 9.17) is 5.73 Å². The molecule has 0 aliphatic heterocycles. The maximum Gasteiger partial charge on any atom is 0.253 e. The highest BCUT2D eigenvalue weighted by Crippen LogP contribution is 2.09. The number of nitrogens with two attached hydrogens (primary N) is 1. The Balaban J connectivity index is 2.33. The van der Waals surface area contributed by atoms with Gasteiger partial charge in [-0.3, -0.25) is 4.79 Å². The van der Waals surface area contributed by atoms with Crippen molar-refractivity contribution in [3.05, 3.63) is 29.8 Å². The molecule has 0 aromatic heterocycles. The monoisotopic (exact) mass is 271 g/mol. The number of rotatable bonds is 6. The number of hydrogen-bond acceptors (Lipinski definition) is 4. The normalized spacial score (nSPS) is 11.2. The van der Waals surface area contributed by atoms with Gasteiger partial charge in [-0.2, -0.15) is 0 Å². The second kappa shape index (κ2) is 6.36. The molecule has 0 saturated carbocycles. The van der Waals surface area contributed by atoms with Gasteiger partial charge in [0.25, 0.3) is 5.91 Å². The fraction of sp³-hybridized carbons (Fsp3) is 0.364. The Hall–Kier alpha value is -1.60. The van der Waals surface area contributed by atoms with Gasteiger partial charge in [0.2, 0.25) is 10.0 Å². The maximum atomic E-state index is 11.7. The van der Waals surface area contributed by atoms with E-state index >= 15 is 0 Å². The number of amides is 1. The van der Waals surface area contributed by atoms with E-state index in [0.717, 1.165) is 6.26 Å². The summed E-state index contributed by atoms with van der Waals surface area (Å²) in [6.07, 6.45) is 1.61. The molecule has 1 aromatic carbocycles. The number of hydrogen-bond donors (Lipinski definition) is 3. The largest absolute Gasteiger partial charge is 0.398 e. The van der Waals surface area contributed by atoms with Gasteiger partial charge in [-0.05, 0) is 18.6 Å². The fourth-order valence-corrected chi connectivity index (χ4v) is 1.86. The Bertz CT molecular complexity index is 514. The first kappa shape index (κ1) is 14.5. The van der Waals surface area contributed by atoms with E-state index < -0.39 is 10.0 Å². The third kappa shape index (κ3) is 5.15. The van der Waals surface area contributed by atoms with Gasteiger partial charge in [0.15, 0.2) is 0 Å². The van der Waals surface area contributed by atoms with Gasteiger partial charge in [0.1, 0.15) is 0 Å². The highest BCUT2D eigenvalue weighted by atomic mass is 32.2. The van der Waals surface area contributed by atoms with Crippen LogP contribution in [0, 0.1) is 0 Å². The Morgan fingerprint density at radius 3 is 2.56 bits per heavy atom. The number of carbonyl (C=O) groups is 1. The molecule has 0 unspecified atom stereocenters. The third-order valence-electron chi connectivity index (χ3n) is 2.21.